The number of anilines is 1. The summed E-state index contributed by atoms with van der Waals surface area (Å²) < 4.78 is 28.6. The molecular formula is C29H32Cl3N3O4S. The summed E-state index contributed by atoms with van der Waals surface area (Å²) in [7, 11) is -4.15. The number of amides is 2. The lowest BCUT2D eigenvalue weighted by Gasteiger charge is -2.33. The largest absolute Gasteiger partial charge is 0.354 e. The van der Waals surface area contributed by atoms with Crippen molar-refractivity contribution in [3.8, 4) is 0 Å². The highest BCUT2D eigenvalue weighted by Gasteiger charge is 2.33. The number of sulfonamides is 1. The van der Waals surface area contributed by atoms with Gasteiger partial charge >= 0.3 is 0 Å². The second kappa shape index (κ2) is 14.2. The van der Waals surface area contributed by atoms with E-state index in [-0.39, 0.29) is 29.0 Å². The zero-order valence-electron chi connectivity index (χ0n) is 22.5. The quantitative estimate of drug-likeness (QED) is 0.252. The van der Waals surface area contributed by atoms with E-state index in [0.717, 1.165) is 4.31 Å². The molecule has 0 aromatic heterocycles. The fraction of sp³-hybridized carbons (Fsp3) is 0.310. The summed E-state index contributed by atoms with van der Waals surface area (Å²) in [5.41, 5.74) is 0.898. The molecule has 2 amide bonds. The second-order valence-corrected chi connectivity index (χ2v) is 12.7. The lowest BCUT2D eigenvalue weighted by Crippen LogP contribution is -2.52. The maximum Gasteiger partial charge on any atom is 0.264 e. The van der Waals surface area contributed by atoms with Gasteiger partial charge in [0.05, 0.1) is 20.6 Å². The van der Waals surface area contributed by atoms with E-state index in [9.17, 15) is 18.0 Å². The van der Waals surface area contributed by atoms with Crippen LogP contribution in [0.4, 0.5) is 5.69 Å². The molecule has 0 radical (unpaired) electrons. The zero-order chi connectivity index (χ0) is 29.4. The van der Waals surface area contributed by atoms with E-state index in [1.807, 2.05) is 13.8 Å². The molecule has 0 aliphatic rings. The van der Waals surface area contributed by atoms with Gasteiger partial charge < -0.3 is 10.2 Å². The first-order chi connectivity index (χ1) is 18.9. The van der Waals surface area contributed by atoms with Gasteiger partial charge in [-0.05, 0) is 66.4 Å². The van der Waals surface area contributed by atoms with Crippen molar-refractivity contribution < 1.29 is 18.0 Å². The molecule has 3 aromatic carbocycles. The first-order valence-electron chi connectivity index (χ1n) is 12.8. The highest BCUT2D eigenvalue weighted by Crippen LogP contribution is 2.27. The molecule has 0 heterocycles. The summed E-state index contributed by atoms with van der Waals surface area (Å²) in [6.45, 7) is 5.64. The predicted octanol–water partition coefficient (Wildman–Crippen LogP) is 6.42. The average molecular weight is 625 g/mol. The Labute approximate surface area is 251 Å². The summed E-state index contributed by atoms with van der Waals surface area (Å²) in [6, 6.07) is 18.1. The maximum atomic E-state index is 14.0. The minimum Gasteiger partial charge on any atom is -0.354 e. The monoisotopic (exact) mass is 623 g/mol. The van der Waals surface area contributed by atoms with Crippen LogP contribution in [0.2, 0.25) is 15.1 Å². The summed E-state index contributed by atoms with van der Waals surface area (Å²) in [4.78, 5) is 28.7. The summed E-state index contributed by atoms with van der Waals surface area (Å²) >= 11 is 18.4. The molecule has 0 fully saturated rings. The van der Waals surface area contributed by atoms with Crippen LogP contribution >= 0.6 is 34.8 Å². The van der Waals surface area contributed by atoms with Crippen LogP contribution in [-0.2, 0) is 26.2 Å². The molecule has 0 saturated carbocycles. The van der Waals surface area contributed by atoms with E-state index >= 15 is 0 Å². The normalized spacial score (nSPS) is 12.2. The van der Waals surface area contributed by atoms with E-state index in [2.05, 4.69) is 5.32 Å². The van der Waals surface area contributed by atoms with Crippen molar-refractivity contribution in [3.05, 3.63) is 93.4 Å². The maximum absolute atomic E-state index is 14.0. The fourth-order valence-electron chi connectivity index (χ4n) is 4.03. The highest BCUT2D eigenvalue weighted by molar-refractivity contribution is 7.92. The van der Waals surface area contributed by atoms with Crippen LogP contribution in [0.5, 0.6) is 0 Å². The van der Waals surface area contributed by atoms with Crippen molar-refractivity contribution >= 4 is 62.3 Å². The summed E-state index contributed by atoms with van der Waals surface area (Å²) in [6.07, 6.45) is 0.309. The number of hydrogen-bond acceptors (Lipinski definition) is 4. The van der Waals surface area contributed by atoms with Crippen molar-refractivity contribution in [3.63, 3.8) is 0 Å². The molecule has 0 aliphatic heterocycles. The van der Waals surface area contributed by atoms with Gasteiger partial charge in [-0.3, -0.25) is 13.9 Å². The first kappa shape index (κ1) is 31.7. The van der Waals surface area contributed by atoms with Gasteiger partial charge in [-0.2, -0.15) is 0 Å². The molecule has 0 aliphatic carbocycles. The van der Waals surface area contributed by atoms with E-state index in [0.29, 0.717) is 33.6 Å². The Balaban J connectivity index is 2.04. The molecule has 1 atom stereocenters. The topological polar surface area (TPSA) is 86.8 Å². The second-order valence-electron chi connectivity index (χ2n) is 9.63. The predicted molar refractivity (Wildman–Crippen MR) is 161 cm³/mol. The van der Waals surface area contributed by atoms with Crippen LogP contribution in [0, 0.1) is 5.92 Å². The smallest absolute Gasteiger partial charge is 0.264 e. The van der Waals surface area contributed by atoms with E-state index in [1.54, 1.807) is 55.5 Å². The van der Waals surface area contributed by atoms with Gasteiger partial charge in [0, 0.05) is 18.1 Å². The third kappa shape index (κ3) is 8.13. The van der Waals surface area contributed by atoms with Crippen molar-refractivity contribution in [1.82, 2.24) is 10.2 Å². The highest BCUT2D eigenvalue weighted by atomic mass is 35.5. The molecule has 0 bridgehead atoms. The molecule has 11 heteroatoms. The fourth-order valence-corrected chi connectivity index (χ4v) is 5.91. The molecule has 0 saturated heterocycles. The first-order valence-corrected chi connectivity index (χ1v) is 15.4. The molecule has 1 unspecified atom stereocenters. The number of nitrogens with one attached hydrogen (secondary N) is 1. The van der Waals surface area contributed by atoms with Crippen molar-refractivity contribution in [2.45, 2.75) is 44.7 Å². The van der Waals surface area contributed by atoms with Crippen LogP contribution in [0.25, 0.3) is 0 Å². The molecule has 40 heavy (non-hydrogen) atoms. The lowest BCUT2D eigenvalue weighted by molar-refractivity contribution is -0.140. The van der Waals surface area contributed by atoms with E-state index in [4.69, 9.17) is 34.8 Å². The van der Waals surface area contributed by atoms with Gasteiger partial charge in [0.15, 0.2) is 0 Å². The number of halogens is 3. The van der Waals surface area contributed by atoms with Crippen LogP contribution in [0.3, 0.4) is 0 Å². The van der Waals surface area contributed by atoms with Crippen LogP contribution in [0.15, 0.2) is 77.7 Å². The molecule has 0 spiro atoms. The molecule has 3 rings (SSSR count). The van der Waals surface area contributed by atoms with Crippen LogP contribution in [-0.4, -0.2) is 44.3 Å². The summed E-state index contributed by atoms with van der Waals surface area (Å²) in [5.74, 6) is -0.683. The van der Waals surface area contributed by atoms with E-state index in [1.165, 1.54) is 29.2 Å². The van der Waals surface area contributed by atoms with Gasteiger partial charge in [0.25, 0.3) is 10.0 Å². The molecule has 214 valence electrons. The lowest BCUT2D eigenvalue weighted by atomic mass is 10.1. The number of hydrogen-bond donors (Lipinski definition) is 1. The number of nitrogens with zero attached hydrogens (tertiary/aromatic N) is 2. The van der Waals surface area contributed by atoms with Gasteiger partial charge in [0.2, 0.25) is 11.8 Å². The van der Waals surface area contributed by atoms with Gasteiger partial charge in [-0.1, -0.05) is 79.8 Å². The Morgan fingerprint density at radius 2 is 1.55 bits per heavy atom. The summed E-state index contributed by atoms with van der Waals surface area (Å²) in [5, 5.41) is 3.97. The minimum atomic E-state index is -4.15. The molecule has 7 nitrogen and oxygen atoms in total. The third-order valence-electron chi connectivity index (χ3n) is 6.13. The number of benzene rings is 3. The Hall–Kier alpha value is -2.78. The Bertz CT molecular complexity index is 1420. The Kier molecular flexibility index (Phi) is 11.3. The number of carbonyl (C=O) groups is 2. The average Bonchev–Trinajstić information content (AvgIpc) is 2.93. The molecule has 1 N–H and O–H groups in total. The SMILES string of the molecule is CCC(C(=O)NCC(C)C)N(Cc1ccc(Cl)c(Cl)c1)C(=O)CN(c1ccc(Cl)cc1)S(=O)(=O)c1ccccc1. The van der Waals surface area contributed by atoms with Crippen molar-refractivity contribution in [2.75, 3.05) is 17.4 Å². The minimum absolute atomic E-state index is 0.0170. The van der Waals surface area contributed by atoms with Crippen LogP contribution < -0.4 is 9.62 Å². The molecule has 3 aromatic rings. The zero-order valence-corrected chi connectivity index (χ0v) is 25.6. The molecular weight excluding hydrogens is 593 g/mol. The van der Waals surface area contributed by atoms with E-state index < -0.39 is 28.5 Å². The van der Waals surface area contributed by atoms with Crippen molar-refractivity contribution in [1.29, 1.82) is 0 Å². The van der Waals surface area contributed by atoms with Crippen molar-refractivity contribution in [2.24, 2.45) is 5.92 Å². The number of rotatable bonds is 12. The van der Waals surface area contributed by atoms with Gasteiger partial charge in [-0.15, -0.1) is 0 Å². The number of carbonyl (C=O) groups excluding carboxylic acids is 2. The van der Waals surface area contributed by atoms with Gasteiger partial charge in [0.1, 0.15) is 12.6 Å². The van der Waals surface area contributed by atoms with Gasteiger partial charge in [-0.25, -0.2) is 8.42 Å². The van der Waals surface area contributed by atoms with Crippen LogP contribution in [0.1, 0.15) is 32.8 Å². The third-order valence-corrected chi connectivity index (χ3v) is 8.91. The standard InChI is InChI=1S/C29H32Cl3N3O4S/c1-4-27(29(37)33-17-20(2)3)34(18-21-10-15-25(31)26(32)16-21)28(36)19-35(23-13-11-22(30)12-14-23)40(38,39)24-8-6-5-7-9-24/h5-16,20,27H,4,17-19H2,1-3H3,(H,33,37). The Morgan fingerprint density at radius 3 is 2.12 bits per heavy atom. The Morgan fingerprint density at radius 1 is 0.900 bits per heavy atom.